The first kappa shape index (κ1) is 29.9. The van der Waals surface area contributed by atoms with Crippen molar-refractivity contribution in [1.29, 1.82) is 0 Å². The van der Waals surface area contributed by atoms with Gasteiger partial charge in [0.25, 0.3) is 0 Å². The largest absolute Gasteiger partial charge is 0.459 e. The Morgan fingerprint density at radius 1 is 0.884 bits per heavy atom. The zero-order valence-corrected chi connectivity index (χ0v) is 24.9. The van der Waals surface area contributed by atoms with Gasteiger partial charge in [-0.15, -0.1) is 0 Å². The molecule has 0 spiro atoms. The minimum atomic E-state index is -1.81. The van der Waals surface area contributed by atoms with E-state index in [1.807, 2.05) is 22.6 Å². The van der Waals surface area contributed by atoms with Crippen LogP contribution in [0.5, 0.6) is 0 Å². The van der Waals surface area contributed by atoms with Gasteiger partial charge in [-0.1, -0.05) is 54.6 Å². The van der Waals surface area contributed by atoms with E-state index in [4.69, 9.17) is 24.7 Å². The molecule has 4 aromatic rings. The molecule has 1 aliphatic rings. The fraction of sp³-hybridized carbons (Fsp3) is 0.194. The Labute approximate surface area is 259 Å². The maximum Gasteiger partial charge on any atom is 0.351 e. The number of nitrogen functional groups attached to an aromatic ring is 1. The van der Waals surface area contributed by atoms with Gasteiger partial charge in [0.2, 0.25) is 0 Å². The van der Waals surface area contributed by atoms with Gasteiger partial charge in [-0.25, -0.2) is 19.2 Å². The first-order valence-corrected chi connectivity index (χ1v) is 14.2. The van der Waals surface area contributed by atoms with Crippen molar-refractivity contribution in [2.24, 2.45) is 0 Å². The molecule has 1 unspecified atom stereocenters. The van der Waals surface area contributed by atoms with Crippen molar-refractivity contribution in [1.82, 2.24) is 9.55 Å². The monoisotopic (exact) mass is 695 g/mol. The van der Waals surface area contributed by atoms with Gasteiger partial charge in [0.15, 0.2) is 17.9 Å². The van der Waals surface area contributed by atoms with Gasteiger partial charge >= 0.3 is 23.6 Å². The molecule has 5 rings (SSSR count). The number of benzene rings is 3. The van der Waals surface area contributed by atoms with Crippen LogP contribution in [0.4, 0.5) is 5.82 Å². The Bertz CT molecular complexity index is 1680. The number of carbonyl (C=O) groups excluding carboxylic acids is 3. The van der Waals surface area contributed by atoms with E-state index in [1.54, 1.807) is 91.0 Å². The van der Waals surface area contributed by atoms with Gasteiger partial charge in [-0.3, -0.25) is 4.57 Å². The maximum absolute atomic E-state index is 13.4. The Hall–Kier alpha value is -4.56. The Kier molecular flexibility index (Phi) is 8.87. The molecule has 3 aromatic carbocycles. The topological polar surface area (TPSA) is 149 Å². The number of nitrogens with two attached hydrogens (primary N) is 1. The highest BCUT2D eigenvalue weighted by atomic mass is 127. The Balaban J connectivity index is 1.56. The lowest BCUT2D eigenvalue weighted by Crippen LogP contribution is -2.51. The summed E-state index contributed by atoms with van der Waals surface area (Å²) >= 11 is 1.90. The van der Waals surface area contributed by atoms with Gasteiger partial charge in [-0.2, -0.15) is 4.98 Å². The number of anilines is 1. The molecule has 220 valence electrons. The molecule has 0 amide bonds. The summed E-state index contributed by atoms with van der Waals surface area (Å²) in [6, 6.07) is 24.7. The van der Waals surface area contributed by atoms with E-state index >= 15 is 0 Å². The van der Waals surface area contributed by atoms with Crippen LogP contribution in [0.15, 0.2) is 102 Å². The number of aromatic nitrogens is 2. The summed E-state index contributed by atoms with van der Waals surface area (Å²) in [5.41, 5.74) is 3.98. The number of rotatable bonds is 8. The molecular formula is C31H26IN3O8. The molecular weight excluding hydrogens is 669 g/mol. The fourth-order valence-corrected chi connectivity index (χ4v) is 5.10. The summed E-state index contributed by atoms with van der Waals surface area (Å²) in [5.74, 6) is -2.15. The molecule has 0 radical (unpaired) electrons. The van der Waals surface area contributed by atoms with Crippen molar-refractivity contribution < 1.29 is 33.3 Å². The lowest BCUT2D eigenvalue weighted by atomic mass is 9.95. The van der Waals surface area contributed by atoms with E-state index in [0.29, 0.717) is 9.13 Å². The fourth-order valence-electron chi connectivity index (χ4n) is 4.68. The van der Waals surface area contributed by atoms with Crippen molar-refractivity contribution in [2.75, 3.05) is 12.3 Å². The second-order valence-electron chi connectivity index (χ2n) is 9.79. The highest BCUT2D eigenvalue weighted by molar-refractivity contribution is 14.1. The van der Waals surface area contributed by atoms with Crippen LogP contribution < -0.4 is 11.4 Å². The van der Waals surface area contributed by atoms with Crippen molar-refractivity contribution in [2.45, 2.75) is 31.0 Å². The van der Waals surface area contributed by atoms with E-state index in [-0.39, 0.29) is 16.9 Å². The third-order valence-corrected chi connectivity index (χ3v) is 7.67. The second kappa shape index (κ2) is 12.8. The zero-order chi connectivity index (χ0) is 30.6. The molecule has 1 aliphatic heterocycles. The average molecular weight is 695 g/mol. The lowest BCUT2D eigenvalue weighted by molar-refractivity contribution is -0.111. The van der Waals surface area contributed by atoms with Gasteiger partial charge in [0.1, 0.15) is 18.5 Å². The van der Waals surface area contributed by atoms with Crippen molar-refractivity contribution in [3.05, 3.63) is 128 Å². The summed E-state index contributed by atoms with van der Waals surface area (Å²) in [6.45, 7) is 1.08. The zero-order valence-electron chi connectivity index (χ0n) is 22.8. The number of ether oxygens (including phenoxy) is 4. The van der Waals surface area contributed by atoms with E-state index < -0.39 is 54.2 Å². The first-order valence-electron chi connectivity index (χ1n) is 13.1. The third kappa shape index (κ3) is 6.44. The molecule has 2 heterocycles. The standard InChI is InChI=1S/C31H26IN3O8/c1-31(43-28(38)21-15-9-4-10-16-21)24(42-27(37)20-13-7-3-8-14-20)23(18-40-26(36)19-11-5-2-6-12-19)41-29(31)35-17-22(32)25(33)34-30(35)39/h2-17,23-24,29H,18H2,1H3,(H2,33,34,39)/t23-,24?,29-,31-/m1/s1. The van der Waals surface area contributed by atoms with Crippen LogP contribution in [-0.2, 0) is 18.9 Å². The van der Waals surface area contributed by atoms with E-state index in [2.05, 4.69) is 4.98 Å². The van der Waals surface area contributed by atoms with Gasteiger partial charge < -0.3 is 24.7 Å². The molecule has 0 aliphatic carbocycles. The lowest BCUT2D eigenvalue weighted by Gasteiger charge is -2.34. The molecule has 1 fully saturated rings. The first-order chi connectivity index (χ1) is 20.7. The molecule has 1 saturated heterocycles. The summed E-state index contributed by atoms with van der Waals surface area (Å²) in [5, 5.41) is 0. The van der Waals surface area contributed by atoms with Crippen LogP contribution in [0.1, 0.15) is 44.2 Å². The Morgan fingerprint density at radius 2 is 1.40 bits per heavy atom. The molecule has 12 heteroatoms. The maximum atomic E-state index is 13.4. The van der Waals surface area contributed by atoms with Crippen LogP contribution in [-0.4, -0.2) is 51.9 Å². The molecule has 2 N–H and O–H groups in total. The molecule has 0 saturated carbocycles. The predicted octanol–water partition coefficient (Wildman–Crippen LogP) is 4.03. The molecule has 43 heavy (non-hydrogen) atoms. The quantitative estimate of drug-likeness (QED) is 0.163. The molecule has 1 aromatic heterocycles. The molecule has 4 atom stereocenters. The van der Waals surface area contributed by atoms with E-state index in [0.717, 1.165) is 4.57 Å². The highest BCUT2D eigenvalue weighted by Crippen LogP contribution is 2.43. The Morgan fingerprint density at radius 3 is 1.95 bits per heavy atom. The summed E-state index contributed by atoms with van der Waals surface area (Å²) in [7, 11) is 0. The van der Waals surface area contributed by atoms with E-state index in [1.165, 1.54) is 13.1 Å². The van der Waals surface area contributed by atoms with Crippen LogP contribution in [0.2, 0.25) is 0 Å². The van der Waals surface area contributed by atoms with Gasteiger partial charge in [0.05, 0.1) is 20.3 Å². The van der Waals surface area contributed by atoms with Crippen LogP contribution >= 0.6 is 22.6 Å². The third-order valence-electron chi connectivity index (χ3n) is 6.84. The van der Waals surface area contributed by atoms with Crippen LogP contribution in [0.3, 0.4) is 0 Å². The predicted molar refractivity (Wildman–Crippen MR) is 162 cm³/mol. The number of nitrogens with zero attached hydrogens (tertiary/aromatic N) is 2. The number of hydrogen-bond acceptors (Lipinski definition) is 10. The summed E-state index contributed by atoms with van der Waals surface area (Å²) < 4.78 is 25.3. The highest BCUT2D eigenvalue weighted by Gasteiger charge is 2.60. The minimum absolute atomic E-state index is 0.00299. The van der Waals surface area contributed by atoms with Crippen LogP contribution in [0.25, 0.3) is 0 Å². The smallest absolute Gasteiger partial charge is 0.351 e. The summed E-state index contributed by atoms with van der Waals surface area (Å²) in [4.78, 5) is 56.5. The number of halogens is 1. The minimum Gasteiger partial charge on any atom is -0.459 e. The van der Waals surface area contributed by atoms with Gasteiger partial charge in [-0.05, 0) is 65.9 Å². The number of hydrogen-bond donors (Lipinski definition) is 1. The normalized spacial score (nSPS) is 21.1. The van der Waals surface area contributed by atoms with Gasteiger partial charge in [0, 0.05) is 6.20 Å². The number of carbonyl (C=O) groups is 3. The average Bonchev–Trinajstić information content (AvgIpc) is 3.28. The van der Waals surface area contributed by atoms with Crippen molar-refractivity contribution in [3.63, 3.8) is 0 Å². The summed E-state index contributed by atoms with van der Waals surface area (Å²) in [6.07, 6.45) is -2.47. The number of esters is 3. The van der Waals surface area contributed by atoms with E-state index in [9.17, 15) is 19.2 Å². The SMILES string of the molecule is C[C@@]1(OC(=O)c2ccccc2)C(OC(=O)c2ccccc2)[C@@H](COC(=O)c2ccccc2)O[C@H]1n1cc(I)c(N)nc1=O. The molecule has 0 bridgehead atoms. The van der Waals surface area contributed by atoms with Crippen LogP contribution in [0, 0.1) is 3.57 Å². The second-order valence-corrected chi connectivity index (χ2v) is 10.9. The molecule has 11 nitrogen and oxygen atoms in total. The van der Waals surface area contributed by atoms with Crippen molar-refractivity contribution >= 4 is 46.3 Å². The van der Waals surface area contributed by atoms with Crippen molar-refractivity contribution in [3.8, 4) is 0 Å².